The zero-order valence-corrected chi connectivity index (χ0v) is 9.58. The van der Waals surface area contributed by atoms with Gasteiger partial charge in [0.15, 0.2) is 0 Å². The largest absolute Gasteiger partial charge is 0.361 e. The Balaban J connectivity index is 2.38. The number of hydrogen-bond acceptors (Lipinski definition) is 2. The molecular formula is C13H16N2O. The Bertz CT molecular complexity index is 525. The molecule has 1 heterocycles. The van der Waals surface area contributed by atoms with Crippen molar-refractivity contribution in [2.75, 3.05) is 0 Å². The second kappa shape index (κ2) is 3.76. The van der Waals surface area contributed by atoms with Crippen LogP contribution in [-0.4, -0.2) is 16.3 Å². The average Bonchev–Trinajstić information content (AvgIpc) is 2.61. The van der Waals surface area contributed by atoms with Crippen molar-refractivity contribution in [1.82, 2.24) is 4.98 Å². The van der Waals surface area contributed by atoms with Crippen molar-refractivity contribution in [3.8, 4) is 0 Å². The summed E-state index contributed by atoms with van der Waals surface area (Å²) in [6.07, 6.45) is 2.49. The minimum Gasteiger partial charge on any atom is -0.361 e. The van der Waals surface area contributed by atoms with E-state index in [9.17, 15) is 4.79 Å². The van der Waals surface area contributed by atoms with Crippen LogP contribution in [0.4, 0.5) is 0 Å². The van der Waals surface area contributed by atoms with Gasteiger partial charge in [0.05, 0.1) is 5.54 Å². The molecule has 0 saturated heterocycles. The molecule has 2 aromatic rings. The Kier molecular flexibility index (Phi) is 2.56. The normalized spacial score (nSPS) is 14.9. The Morgan fingerprint density at radius 3 is 2.81 bits per heavy atom. The summed E-state index contributed by atoms with van der Waals surface area (Å²) in [6.45, 7) is 3.31. The third kappa shape index (κ3) is 1.86. The molecule has 0 unspecified atom stereocenters. The Labute approximate surface area is 94.6 Å². The molecule has 0 saturated carbocycles. The van der Waals surface area contributed by atoms with Crippen LogP contribution in [0.1, 0.15) is 19.4 Å². The minimum absolute atomic E-state index is 0.0118. The van der Waals surface area contributed by atoms with Crippen molar-refractivity contribution in [1.29, 1.82) is 0 Å². The maximum atomic E-state index is 11.4. The summed E-state index contributed by atoms with van der Waals surface area (Å²) in [7, 11) is 0. The number of aromatic nitrogens is 1. The van der Waals surface area contributed by atoms with Gasteiger partial charge in [0.25, 0.3) is 0 Å². The topological polar surface area (TPSA) is 58.9 Å². The van der Waals surface area contributed by atoms with Gasteiger partial charge in [-0.3, -0.25) is 4.79 Å². The zero-order chi connectivity index (χ0) is 11.8. The lowest BCUT2D eigenvalue weighted by Gasteiger charge is -2.20. The van der Waals surface area contributed by atoms with Gasteiger partial charge in [0.1, 0.15) is 5.78 Å². The van der Waals surface area contributed by atoms with Crippen molar-refractivity contribution in [2.24, 2.45) is 5.73 Å². The first-order valence-corrected chi connectivity index (χ1v) is 5.35. The molecule has 3 nitrogen and oxygen atoms in total. The van der Waals surface area contributed by atoms with Crippen molar-refractivity contribution < 1.29 is 4.79 Å². The van der Waals surface area contributed by atoms with Crippen LogP contribution in [0.25, 0.3) is 10.9 Å². The number of ketones is 1. The summed E-state index contributed by atoms with van der Waals surface area (Å²) < 4.78 is 0. The number of H-pyrrole nitrogens is 1. The van der Waals surface area contributed by atoms with Crippen LogP contribution >= 0.6 is 0 Å². The van der Waals surface area contributed by atoms with E-state index in [1.807, 2.05) is 30.5 Å². The predicted octanol–water partition coefficient (Wildman–Crippen LogP) is 2.02. The third-order valence-corrected chi connectivity index (χ3v) is 3.04. The van der Waals surface area contributed by atoms with Gasteiger partial charge in [-0.2, -0.15) is 0 Å². The van der Waals surface area contributed by atoms with Crippen molar-refractivity contribution in [3.63, 3.8) is 0 Å². The molecule has 2 rings (SSSR count). The number of carbonyl (C=O) groups excluding carboxylic acids is 1. The van der Waals surface area contributed by atoms with Crippen molar-refractivity contribution >= 4 is 16.7 Å². The number of carbonyl (C=O) groups is 1. The molecule has 0 aliphatic rings. The van der Waals surface area contributed by atoms with E-state index in [-0.39, 0.29) is 5.78 Å². The maximum Gasteiger partial charge on any atom is 0.149 e. The molecule has 1 aromatic heterocycles. The molecule has 84 valence electrons. The Morgan fingerprint density at radius 1 is 1.44 bits per heavy atom. The predicted molar refractivity (Wildman–Crippen MR) is 65.3 cm³/mol. The van der Waals surface area contributed by atoms with E-state index in [1.54, 1.807) is 6.92 Å². The average molecular weight is 216 g/mol. The summed E-state index contributed by atoms with van der Waals surface area (Å²) in [5.41, 5.74) is 7.37. The van der Waals surface area contributed by atoms with Crippen LogP contribution in [0, 0.1) is 0 Å². The van der Waals surface area contributed by atoms with Gasteiger partial charge < -0.3 is 10.7 Å². The van der Waals surface area contributed by atoms with E-state index in [2.05, 4.69) is 4.98 Å². The highest BCUT2D eigenvalue weighted by atomic mass is 16.1. The smallest absolute Gasteiger partial charge is 0.149 e. The van der Waals surface area contributed by atoms with Gasteiger partial charge in [-0.15, -0.1) is 0 Å². The first-order chi connectivity index (χ1) is 7.50. The van der Waals surface area contributed by atoms with Gasteiger partial charge in [0.2, 0.25) is 0 Å². The molecule has 1 atom stereocenters. The molecule has 3 N–H and O–H groups in total. The number of para-hydroxylation sites is 1. The first-order valence-electron chi connectivity index (χ1n) is 5.35. The van der Waals surface area contributed by atoms with Gasteiger partial charge in [-0.05, 0) is 31.9 Å². The molecule has 0 spiro atoms. The summed E-state index contributed by atoms with van der Waals surface area (Å²) in [5.74, 6) is 0.0118. The van der Waals surface area contributed by atoms with Gasteiger partial charge in [-0.25, -0.2) is 0 Å². The maximum absolute atomic E-state index is 11.4. The summed E-state index contributed by atoms with van der Waals surface area (Å²) >= 11 is 0. The zero-order valence-electron chi connectivity index (χ0n) is 9.58. The highest BCUT2D eigenvalue weighted by Crippen LogP contribution is 2.21. The Morgan fingerprint density at radius 2 is 2.12 bits per heavy atom. The molecule has 0 aliphatic carbocycles. The highest BCUT2D eigenvalue weighted by molar-refractivity contribution is 5.88. The van der Waals surface area contributed by atoms with Crippen molar-refractivity contribution in [2.45, 2.75) is 25.8 Å². The molecule has 0 radical (unpaired) electrons. The first kappa shape index (κ1) is 10.9. The van der Waals surface area contributed by atoms with Crippen LogP contribution < -0.4 is 5.73 Å². The van der Waals surface area contributed by atoms with Crippen LogP contribution in [-0.2, 0) is 11.2 Å². The fourth-order valence-electron chi connectivity index (χ4n) is 1.80. The van der Waals surface area contributed by atoms with Crippen molar-refractivity contribution in [3.05, 3.63) is 36.0 Å². The second-order valence-electron chi connectivity index (χ2n) is 4.51. The number of nitrogens with two attached hydrogens (primary N) is 1. The highest BCUT2D eigenvalue weighted by Gasteiger charge is 2.25. The summed E-state index contributed by atoms with van der Waals surface area (Å²) in [5, 5.41) is 1.14. The summed E-state index contributed by atoms with van der Waals surface area (Å²) in [4.78, 5) is 14.6. The Hall–Kier alpha value is -1.61. The number of hydrogen-bond donors (Lipinski definition) is 2. The van der Waals surface area contributed by atoms with E-state index in [4.69, 9.17) is 5.73 Å². The molecule has 16 heavy (non-hydrogen) atoms. The molecule has 0 bridgehead atoms. The monoisotopic (exact) mass is 216 g/mol. The number of benzene rings is 1. The van der Waals surface area contributed by atoms with E-state index >= 15 is 0 Å². The number of aromatic amines is 1. The number of fused-ring (bicyclic) bond motifs is 1. The number of nitrogens with one attached hydrogen (secondary N) is 1. The van der Waals surface area contributed by atoms with Crippen LogP contribution in [0.15, 0.2) is 30.5 Å². The van der Waals surface area contributed by atoms with Crippen LogP contribution in [0.2, 0.25) is 0 Å². The minimum atomic E-state index is -0.787. The van der Waals surface area contributed by atoms with E-state index in [1.165, 1.54) is 6.92 Å². The SMILES string of the molecule is CC(=O)[C@@](C)(N)Cc1c[nH]c2ccccc12. The lowest BCUT2D eigenvalue weighted by atomic mass is 9.90. The molecule has 1 aromatic carbocycles. The van der Waals surface area contributed by atoms with E-state index in [0.717, 1.165) is 16.5 Å². The number of rotatable bonds is 3. The lowest BCUT2D eigenvalue weighted by Crippen LogP contribution is -2.45. The molecule has 0 fully saturated rings. The van der Waals surface area contributed by atoms with Crippen LogP contribution in [0.5, 0.6) is 0 Å². The second-order valence-corrected chi connectivity index (χ2v) is 4.51. The molecule has 0 amide bonds. The van der Waals surface area contributed by atoms with Gasteiger partial charge >= 0.3 is 0 Å². The molecule has 3 heteroatoms. The molecular weight excluding hydrogens is 200 g/mol. The summed E-state index contributed by atoms with van der Waals surface area (Å²) in [6, 6.07) is 8.02. The van der Waals surface area contributed by atoms with E-state index < -0.39 is 5.54 Å². The standard InChI is InChI=1S/C13H16N2O/c1-9(16)13(2,14)7-10-8-15-12-6-4-3-5-11(10)12/h3-6,8,15H,7,14H2,1-2H3/t13-/m0/s1. The quantitative estimate of drug-likeness (QED) is 0.824. The van der Waals surface area contributed by atoms with Gasteiger partial charge in [-0.1, -0.05) is 18.2 Å². The van der Waals surface area contributed by atoms with Gasteiger partial charge in [0, 0.05) is 17.1 Å². The third-order valence-electron chi connectivity index (χ3n) is 3.04. The molecule has 0 aliphatic heterocycles. The fourth-order valence-corrected chi connectivity index (χ4v) is 1.80. The van der Waals surface area contributed by atoms with Crippen LogP contribution in [0.3, 0.4) is 0 Å². The fraction of sp³-hybridized carbons (Fsp3) is 0.308. The lowest BCUT2D eigenvalue weighted by molar-refractivity contribution is -0.121. The number of Topliss-reactive ketones (excluding diaryl/α,β-unsaturated/α-hetero) is 1. The van der Waals surface area contributed by atoms with E-state index in [0.29, 0.717) is 6.42 Å².